The van der Waals surface area contributed by atoms with Gasteiger partial charge in [0.1, 0.15) is 23.7 Å². The smallest absolute Gasteiger partial charge is 0.262 e. The maximum atomic E-state index is 12.9. The SMILES string of the molecule is Cc1nc2c(OCC=O)cccc2c(=O)n1C1CCCCC1=O. The van der Waals surface area contributed by atoms with Gasteiger partial charge in [0.15, 0.2) is 12.1 Å². The highest BCUT2D eigenvalue weighted by atomic mass is 16.5. The molecule has 0 saturated heterocycles. The number of carbonyl (C=O) groups excluding carboxylic acids is 2. The molecule has 120 valence electrons. The van der Waals surface area contributed by atoms with Gasteiger partial charge in [-0.3, -0.25) is 19.0 Å². The number of fused-ring (bicyclic) bond motifs is 1. The van der Waals surface area contributed by atoms with E-state index < -0.39 is 6.04 Å². The van der Waals surface area contributed by atoms with E-state index in [4.69, 9.17) is 4.74 Å². The van der Waals surface area contributed by atoms with Crippen molar-refractivity contribution in [3.8, 4) is 5.75 Å². The number of aromatic nitrogens is 2. The lowest BCUT2D eigenvalue weighted by Crippen LogP contribution is -2.34. The molecule has 1 aliphatic carbocycles. The van der Waals surface area contributed by atoms with E-state index >= 15 is 0 Å². The Morgan fingerprint density at radius 2 is 2.17 bits per heavy atom. The van der Waals surface area contributed by atoms with Crippen LogP contribution in [0.25, 0.3) is 10.9 Å². The van der Waals surface area contributed by atoms with E-state index in [2.05, 4.69) is 4.98 Å². The molecule has 0 aliphatic heterocycles. The lowest BCUT2D eigenvalue weighted by Gasteiger charge is -2.24. The van der Waals surface area contributed by atoms with E-state index in [1.54, 1.807) is 25.1 Å². The molecular formula is C17H18N2O4. The molecule has 1 heterocycles. The summed E-state index contributed by atoms with van der Waals surface area (Å²) in [5.41, 5.74) is 0.195. The Balaban J connectivity index is 2.16. The number of aryl methyl sites for hydroxylation is 1. The predicted molar refractivity (Wildman–Crippen MR) is 84.8 cm³/mol. The van der Waals surface area contributed by atoms with Crippen molar-refractivity contribution in [2.24, 2.45) is 0 Å². The second-order valence-electron chi connectivity index (χ2n) is 5.69. The standard InChI is InChI=1S/C17H18N2O4/c1-11-18-16-12(5-4-8-15(16)23-10-9-20)17(22)19(11)13-6-2-3-7-14(13)21/h4-5,8-9,13H,2-3,6-7,10H2,1H3. The fraction of sp³-hybridized carbons (Fsp3) is 0.412. The van der Waals surface area contributed by atoms with Gasteiger partial charge in [-0.25, -0.2) is 4.98 Å². The van der Waals surface area contributed by atoms with Crippen LogP contribution in [-0.2, 0) is 9.59 Å². The maximum Gasteiger partial charge on any atom is 0.262 e. The van der Waals surface area contributed by atoms with Crippen molar-refractivity contribution in [2.45, 2.75) is 38.6 Å². The molecule has 1 aliphatic rings. The average Bonchev–Trinajstić information content (AvgIpc) is 2.55. The Labute approximate surface area is 133 Å². The zero-order chi connectivity index (χ0) is 16.4. The largest absolute Gasteiger partial charge is 0.484 e. The van der Waals surface area contributed by atoms with Gasteiger partial charge in [0.2, 0.25) is 0 Å². The van der Waals surface area contributed by atoms with E-state index in [-0.39, 0.29) is 17.9 Å². The van der Waals surface area contributed by atoms with Gasteiger partial charge in [0.05, 0.1) is 11.4 Å². The number of rotatable bonds is 4. The van der Waals surface area contributed by atoms with Crippen LogP contribution in [0, 0.1) is 6.92 Å². The predicted octanol–water partition coefficient (Wildman–Crippen LogP) is 1.97. The van der Waals surface area contributed by atoms with Crippen molar-refractivity contribution < 1.29 is 14.3 Å². The van der Waals surface area contributed by atoms with Crippen molar-refractivity contribution in [1.29, 1.82) is 0 Å². The average molecular weight is 314 g/mol. The molecule has 6 heteroatoms. The number of hydrogen-bond donors (Lipinski definition) is 0. The minimum Gasteiger partial charge on any atom is -0.484 e. The Morgan fingerprint density at radius 3 is 2.91 bits per heavy atom. The van der Waals surface area contributed by atoms with Crippen molar-refractivity contribution in [1.82, 2.24) is 9.55 Å². The van der Waals surface area contributed by atoms with E-state index in [0.717, 1.165) is 12.8 Å². The summed E-state index contributed by atoms with van der Waals surface area (Å²) in [7, 11) is 0. The van der Waals surface area contributed by atoms with Gasteiger partial charge < -0.3 is 4.74 Å². The van der Waals surface area contributed by atoms with Gasteiger partial charge in [-0.1, -0.05) is 12.5 Å². The highest BCUT2D eigenvalue weighted by Crippen LogP contribution is 2.27. The Morgan fingerprint density at radius 1 is 1.35 bits per heavy atom. The Bertz CT molecular complexity index is 825. The molecule has 0 spiro atoms. The van der Waals surface area contributed by atoms with Crippen molar-refractivity contribution in [3.05, 3.63) is 34.4 Å². The van der Waals surface area contributed by atoms with Crippen LogP contribution in [0.3, 0.4) is 0 Å². The molecule has 2 aromatic rings. The van der Waals surface area contributed by atoms with E-state index in [1.807, 2.05) is 0 Å². The summed E-state index contributed by atoms with van der Waals surface area (Å²) in [6.45, 7) is 1.63. The van der Waals surface area contributed by atoms with Gasteiger partial charge in [0, 0.05) is 6.42 Å². The lowest BCUT2D eigenvalue weighted by molar-refractivity contribution is -0.124. The third kappa shape index (κ3) is 2.76. The summed E-state index contributed by atoms with van der Waals surface area (Å²) in [5.74, 6) is 0.984. The zero-order valence-electron chi connectivity index (χ0n) is 12.9. The topological polar surface area (TPSA) is 78.3 Å². The van der Waals surface area contributed by atoms with E-state index in [0.29, 0.717) is 41.6 Å². The number of ether oxygens (including phenoxy) is 1. The number of benzene rings is 1. The number of hydrogen-bond acceptors (Lipinski definition) is 5. The first-order valence-electron chi connectivity index (χ1n) is 7.74. The van der Waals surface area contributed by atoms with Gasteiger partial charge in [-0.05, 0) is 31.9 Å². The summed E-state index contributed by atoms with van der Waals surface area (Å²) < 4.78 is 6.85. The third-order valence-electron chi connectivity index (χ3n) is 4.21. The number of Topliss-reactive ketones (excluding diaryl/α,β-unsaturated/α-hetero) is 1. The minimum absolute atomic E-state index is 0.0932. The summed E-state index contributed by atoms with van der Waals surface area (Å²) in [6.07, 6.45) is 3.65. The normalized spacial score (nSPS) is 18.1. The van der Waals surface area contributed by atoms with Crippen molar-refractivity contribution >= 4 is 23.0 Å². The molecule has 3 rings (SSSR count). The zero-order valence-corrected chi connectivity index (χ0v) is 12.9. The van der Waals surface area contributed by atoms with Crippen molar-refractivity contribution in [3.63, 3.8) is 0 Å². The molecule has 1 saturated carbocycles. The molecule has 0 N–H and O–H groups in total. The summed E-state index contributed by atoms with van der Waals surface area (Å²) in [5, 5.41) is 0.400. The molecular weight excluding hydrogens is 296 g/mol. The molecule has 1 unspecified atom stereocenters. The molecule has 1 fully saturated rings. The number of carbonyl (C=O) groups is 2. The molecule has 1 aromatic heterocycles. The second-order valence-corrected chi connectivity index (χ2v) is 5.69. The summed E-state index contributed by atoms with van der Waals surface area (Å²) in [6, 6.07) is 4.61. The van der Waals surface area contributed by atoms with Crippen LogP contribution in [-0.4, -0.2) is 28.2 Å². The van der Waals surface area contributed by atoms with Gasteiger partial charge in [0.25, 0.3) is 5.56 Å². The highest BCUT2D eigenvalue weighted by Gasteiger charge is 2.27. The number of aldehydes is 1. The minimum atomic E-state index is -0.423. The van der Waals surface area contributed by atoms with E-state index in [1.165, 1.54) is 4.57 Å². The van der Waals surface area contributed by atoms with Crippen LogP contribution >= 0.6 is 0 Å². The molecule has 6 nitrogen and oxygen atoms in total. The van der Waals surface area contributed by atoms with Crippen LogP contribution in [0.2, 0.25) is 0 Å². The first-order chi connectivity index (χ1) is 11.1. The third-order valence-corrected chi connectivity index (χ3v) is 4.21. The first-order valence-corrected chi connectivity index (χ1v) is 7.74. The summed E-state index contributed by atoms with van der Waals surface area (Å²) in [4.78, 5) is 40.0. The fourth-order valence-electron chi connectivity index (χ4n) is 3.15. The molecule has 1 aromatic carbocycles. The van der Waals surface area contributed by atoms with Crippen LogP contribution in [0.4, 0.5) is 0 Å². The van der Waals surface area contributed by atoms with Crippen LogP contribution in [0.15, 0.2) is 23.0 Å². The Kier molecular flexibility index (Phi) is 4.23. The molecule has 0 amide bonds. The number of ketones is 1. The number of nitrogens with zero attached hydrogens (tertiary/aromatic N) is 2. The molecule has 1 atom stereocenters. The van der Waals surface area contributed by atoms with Crippen LogP contribution in [0.1, 0.15) is 37.5 Å². The lowest BCUT2D eigenvalue weighted by atomic mass is 9.93. The quantitative estimate of drug-likeness (QED) is 0.806. The molecule has 0 radical (unpaired) electrons. The number of para-hydroxylation sites is 1. The van der Waals surface area contributed by atoms with E-state index in [9.17, 15) is 14.4 Å². The van der Waals surface area contributed by atoms with Crippen LogP contribution < -0.4 is 10.3 Å². The Hall–Kier alpha value is -2.50. The molecule has 0 bridgehead atoms. The summed E-state index contributed by atoms with van der Waals surface area (Å²) >= 11 is 0. The van der Waals surface area contributed by atoms with Gasteiger partial charge in [-0.2, -0.15) is 0 Å². The fourth-order valence-corrected chi connectivity index (χ4v) is 3.15. The van der Waals surface area contributed by atoms with Gasteiger partial charge >= 0.3 is 0 Å². The van der Waals surface area contributed by atoms with Crippen molar-refractivity contribution in [2.75, 3.05) is 6.61 Å². The second kappa shape index (κ2) is 6.32. The first kappa shape index (κ1) is 15.4. The van der Waals surface area contributed by atoms with Gasteiger partial charge in [-0.15, -0.1) is 0 Å². The van der Waals surface area contributed by atoms with Crippen LogP contribution in [0.5, 0.6) is 5.75 Å². The molecule has 23 heavy (non-hydrogen) atoms. The highest BCUT2D eigenvalue weighted by molar-refractivity contribution is 5.86. The maximum absolute atomic E-state index is 12.9. The monoisotopic (exact) mass is 314 g/mol.